The smallest absolute Gasteiger partial charge is 0.123 e. The molecule has 0 radical (unpaired) electrons. The van der Waals surface area contributed by atoms with Gasteiger partial charge in [0.15, 0.2) is 0 Å². The molecule has 3 rings (SSSR count). The molecule has 0 saturated heterocycles. The summed E-state index contributed by atoms with van der Waals surface area (Å²) in [7, 11) is 0. The Kier molecular flexibility index (Phi) is 3.84. The van der Waals surface area contributed by atoms with Crippen LogP contribution in [0.5, 0.6) is 0 Å². The molecule has 112 valence electrons. The van der Waals surface area contributed by atoms with E-state index in [4.69, 9.17) is 4.98 Å². The van der Waals surface area contributed by atoms with E-state index in [-0.39, 0.29) is 11.4 Å². The van der Waals surface area contributed by atoms with E-state index >= 15 is 0 Å². The summed E-state index contributed by atoms with van der Waals surface area (Å²) in [6, 6.07) is 7.40. The fourth-order valence-corrected chi connectivity index (χ4v) is 3.61. The maximum atomic E-state index is 13.1. The predicted molar refractivity (Wildman–Crippen MR) is 85.2 cm³/mol. The van der Waals surface area contributed by atoms with Gasteiger partial charge in [-0.25, -0.2) is 9.37 Å². The molecule has 1 aromatic heterocycles. The number of halogens is 1. The van der Waals surface area contributed by atoms with E-state index in [0.29, 0.717) is 6.04 Å². The number of benzene rings is 1. The molecule has 2 nitrogen and oxygen atoms in total. The van der Waals surface area contributed by atoms with Gasteiger partial charge in [0.25, 0.3) is 0 Å². The zero-order chi connectivity index (χ0) is 15.0. The first-order chi connectivity index (χ1) is 9.96. The molecule has 1 saturated carbocycles. The van der Waals surface area contributed by atoms with Crippen molar-refractivity contribution in [3.8, 4) is 0 Å². The normalized spacial score (nSPS) is 17.7. The van der Waals surface area contributed by atoms with Crippen LogP contribution in [-0.4, -0.2) is 11.0 Å². The molecule has 1 heterocycles. The molecule has 0 bridgehead atoms. The van der Waals surface area contributed by atoms with Gasteiger partial charge in [0.05, 0.1) is 11.2 Å². The van der Waals surface area contributed by atoms with Crippen molar-refractivity contribution in [2.45, 2.75) is 51.6 Å². The minimum Gasteiger partial charge on any atom is -0.303 e. The molecule has 1 aromatic carbocycles. The lowest BCUT2D eigenvalue weighted by molar-refractivity contribution is 0.357. The summed E-state index contributed by atoms with van der Waals surface area (Å²) in [4.78, 5) is 6.03. The van der Waals surface area contributed by atoms with Gasteiger partial charge in [-0.2, -0.15) is 0 Å². The first kappa shape index (κ1) is 14.7. The van der Waals surface area contributed by atoms with E-state index in [1.807, 2.05) is 12.1 Å². The number of aromatic nitrogens is 1. The van der Waals surface area contributed by atoms with E-state index in [2.05, 4.69) is 26.1 Å². The molecule has 2 aromatic rings. The Bertz CT molecular complexity index is 611. The van der Waals surface area contributed by atoms with E-state index in [1.165, 1.54) is 29.9 Å². The highest BCUT2D eigenvalue weighted by Crippen LogP contribution is 2.34. The summed E-state index contributed by atoms with van der Waals surface area (Å²) in [5.74, 6) is -0.184. The van der Waals surface area contributed by atoms with Gasteiger partial charge >= 0.3 is 0 Å². The number of hydrogen-bond acceptors (Lipinski definition) is 3. The van der Waals surface area contributed by atoms with Crippen molar-refractivity contribution in [2.75, 3.05) is 0 Å². The van der Waals surface area contributed by atoms with E-state index in [0.717, 1.165) is 22.7 Å². The quantitative estimate of drug-likeness (QED) is 0.899. The molecule has 4 heteroatoms. The Hall–Kier alpha value is -1.26. The molecule has 1 N–H and O–H groups in total. The summed E-state index contributed by atoms with van der Waals surface area (Å²) in [6.07, 6.45) is 3.31. The number of aryl methyl sites for hydroxylation is 2. The third-order valence-corrected chi connectivity index (χ3v) is 5.41. The van der Waals surface area contributed by atoms with Crippen LogP contribution in [-0.2, 0) is 12.0 Å². The highest BCUT2D eigenvalue weighted by molar-refractivity contribution is 7.11. The second kappa shape index (κ2) is 5.50. The summed E-state index contributed by atoms with van der Waals surface area (Å²) >= 11 is 1.77. The van der Waals surface area contributed by atoms with E-state index in [1.54, 1.807) is 11.3 Å². The lowest BCUT2D eigenvalue weighted by Crippen LogP contribution is -2.43. The third-order valence-electron chi connectivity index (χ3n) is 4.07. The molecule has 1 fully saturated rings. The van der Waals surface area contributed by atoms with Crippen LogP contribution in [0.3, 0.4) is 0 Å². The highest BCUT2D eigenvalue weighted by atomic mass is 32.1. The Morgan fingerprint density at radius 1 is 1.29 bits per heavy atom. The first-order valence-electron chi connectivity index (χ1n) is 7.43. The zero-order valence-electron chi connectivity index (χ0n) is 12.7. The minimum atomic E-state index is -0.184. The zero-order valence-corrected chi connectivity index (χ0v) is 13.6. The molecular formula is C17H21FN2S. The Labute approximate surface area is 129 Å². The molecule has 0 amide bonds. The number of hydrogen-bond donors (Lipinski definition) is 1. The standard InChI is InChI=1S/C17H21FN2S/c1-11-12(2)21-16(19-11)17(3,20-15-8-9-15)10-13-4-6-14(18)7-5-13/h4-7,15,20H,8-10H2,1-3H3. The SMILES string of the molecule is Cc1nc(C(C)(Cc2ccc(F)cc2)NC2CC2)sc1C. The predicted octanol–water partition coefficient (Wildman–Crippen LogP) is 4.11. The van der Waals surface area contributed by atoms with Gasteiger partial charge in [-0.1, -0.05) is 12.1 Å². The fraction of sp³-hybridized carbons (Fsp3) is 0.471. The van der Waals surface area contributed by atoms with Crippen molar-refractivity contribution in [3.05, 3.63) is 51.2 Å². The van der Waals surface area contributed by atoms with Gasteiger partial charge in [0, 0.05) is 10.9 Å². The summed E-state index contributed by atoms with van der Waals surface area (Å²) < 4.78 is 13.1. The van der Waals surface area contributed by atoms with Gasteiger partial charge < -0.3 is 5.32 Å². The Morgan fingerprint density at radius 3 is 2.48 bits per heavy atom. The number of thiazole rings is 1. The topological polar surface area (TPSA) is 24.9 Å². The minimum absolute atomic E-state index is 0.178. The average molecular weight is 304 g/mol. The fourth-order valence-electron chi connectivity index (χ4n) is 2.59. The van der Waals surface area contributed by atoms with Crippen molar-refractivity contribution >= 4 is 11.3 Å². The number of rotatable bonds is 5. The van der Waals surface area contributed by atoms with Crippen LogP contribution in [0.2, 0.25) is 0 Å². The van der Waals surface area contributed by atoms with Crippen molar-refractivity contribution < 1.29 is 4.39 Å². The van der Waals surface area contributed by atoms with Crippen molar-refractivity contribution in [3.63, 3.8) is 0 Å². The van der Waals surface area contributed by atoms with Crippen LogP contribution in [0.4, 0.5) is 4.39 Å². The number of nitrogens with one attached hydrogen (secondary N) is 1. The third kappa shape index (κ3) is 3.33. The van der Waals surface area contributed by atoms with E-state index < -0.39 is 0 Å². The van der Waals surface area contributed by atoms with E-state index in [9.17, 15) is 4.39 Å². The molecule has 21 heavy (non-hydrogen) atoms. The monoisotopic (exact) mass is 304 g/mol. The van der Waals surface area contributed by atoms with Gasteiger partial charge in [0.2, 0.25) is 0 Å². The molecule has 0 spiro atoms. The Balaban J connectivity index is 1.90. The van der Waals surface area contributed by atoms with Crippen molar-refractivity contribution in [1.82, 2.24) is 10.3 Å². The summed E-state index contributed by atoms with van der Waals surface area (Å²) in [5.41, 5.74) is 2.07. The molecular weight excluding hydrogens is 283 g/mol. The van der Waals surface area contributed by atoms with Crippen molar-refractivity contribution in [2.24, 2.45) is 0 Å². The Morgan fingerprint density at radius 2 is 1.95 bits per heavy atom. The maximum Gasteiger partial charge on any atom is 0.123 e. The lowest BCUT2D eigenvalue weighted by Gasteiger charge is -2.29. The summed E-state index contributed by atoms with van der Waals surface area (Å²) in [6.45, 7) is 6.39. The van der Waals surface area contributed by atoms with Crippen LogP contribution in [0.1, 0.15) is 40.9 Å². The molecule has 1 unspecified atom stereocenters. The van der Waals surface area contributed by atoms with Crippen LogP contribution < -0.4 is 5.32 Å². The molecule has 0 aliphatic heterocycles. The second-order valence-electron chi connectivity index (χ2n) is 6.21. The molecule has 1 aliphatic carbocycles. The van der Waals surface area contributed by atoms with Crippen LogP contribution >= 0.6 is 11.3 Å². The van der Waals surface area contributed by atoms with Crippen LogP contribution in [0.25, 0.3) is 0 Å². The van der Waals surface area contributed by atoms with Crippen LogP contribution in [0, 0.1) is 19.7 Å². The lowest BCUT2D eigenvalue weighted by atomic mass is 9.93. The molecule has 1 atom stereocenters. The van der Waals surface area contributed by atoms with Crippen molar-refractivity contribution in [1.29, 1.82) is 0 Å². The average Bonchev–Trinajstić information content (AvgIpc) is 3.17. The highest BCUT2D eigenvalue weighted by Gasteiger charge is 2.36. The first-order valence-corrected chi connectivity index (χ1v) is 8.24. The van der Waals surface area contributed by atoms with Gasteiger partial charge in [-0.15, -0.1) is 11.3 Å². The molecule has 1 aliphatic rings. The number of nitrogens with zero attached hydrogens (tertiary/aromatic N) is 1. The summed E-state index contributed by atoms with van der Waals surface area (Å²) in [5, 5.41) is 4.87. The van der Waals surface area contributed by atoms with Gasteiger partial charge in [-0.05, 0) is 57.7 Å². The maximum absolute atomic E-state index is 13.1. The van der Waals surface area contributed by atoms with Gasteiger partial charge in [-0.3, -0.25) is 0 Å². The van der Waals surface area contributed by atoms with Gasteiger partial charge in [0.1, 0.15) is 10.8 Å². The largest absolute Gasteiger partial charge is 0.303 e. The second-order valence-corrected chi connectivity index (χ2v) is 7.42. The van der Waals surface area contributed by atoms with Crippen LogP contribution in [0.15, 0.2) is 24.3 Å².